The van der Waals surface area contributed by atoms with Crippen LogP contribution in [0, 0.1) is 0 Å². The van der Waals surface area contributed by atoms with E-state index in [-0.39, 0.29) is 6.09 Å². The summed E-state index contributed by atoms with van der Waals surface area (Å²) in [5, 5.41) is 0. The largest absolute Gasteiger partial charge is 0.445 e. The van der Waals surface area contributed by atoms with Crippen LogP contribution >= 0.6 is 0 Å². The average Bonchev–Trinajstić information content (AvgIpc) is 2.64. The standard InChI is InChI=1S/C21H26N2O2/c1-17-13-22(21(24)25-16-20-11-7-4-8-12-20)14-18(2)23(17)15-19-9-5-3-6-10-19/h3-12,17-18H,13-16H2,1-2H3. The molecule has 4 heteroatoms. The summed E-state index contributed by atoms with van der Waals surface area (Å²) < 4.78 is 5.49. The molecule has 0 bridgehead atoms. The van der Waals surface area contributed by atoms with E-state index >= 15 is 0 Å². The molecule has 132 valence electrons. The van der Waals surface area contributed by atoms with Crippen molar-refractivity contribution in [3.8, 4) is 0 Å². The Kier molecular flexibility index (Phi) is 5.71. The van der Waals surface area contributed by atoms with Crippen molar-refractivity contribution in [2.75, 3.05) is 13.1 Å². The van der Waals surface area contributed by atoms with Gasteiger partial charge in [0.05, 0.1) is 0 Å². The van der Waals surface area contributed by atoms with Gasteiger partial charge in [-0.15, -0.1) is 0 Å². The monoisotopic (exact) mass is 338 g/mol. The molecule has 1 heterocycles. The van der Waals surface area contributed by atoms with Gasteiger partial charge in [0, 0.05) is 31.7 Å². The lowest BCUT2D eigenvalue weighted by Gasteiger charge is -2.44. The fraction of sp³-hybridized carbons (Fsp3) is 0.381. The number of hydrogen-bond donors (Lipinski definition) is 0. The molecule has 3 rings (SSSR count). The summed E-state index contributed by atoms with van der Waals surface area (Å²) in [6.07, 6.45) is -0.220. The van der Waals surface area contributed by atoms with Crippen LogP contribution in [0.3, 0.4) is 0 Å². The third-order valence-electron chi connectivity index (χ3n) is 4.77. The summed E-state index contributed by atoms with van der Waals surface area (Å²) in [6.45, 7) is 6.99. The summed E-state index contributed by atoms with van der Waals surface area (Å²) in [7, 11) is 0. The second-order valence-electron chi connectivity index (χ2n) is 6.80. The van der Waals surface area contributed by atoms with E-state index in [1.807, 2.05) is 41.3 Å². The van der Waals surface area contributed by atoms with E-state index < -0.39 is 0 Å². The predicted octanol–water partition coefficient (Wildman–Crippen LogP) is 3.92. The molecule has 1 fully saturated rings. The molecule has 0 spiro atoms. The molecule has 2 atom stereocenters. The van der Waals surface area contributed by atoms with Crippen LogP contribution in [0.1, 0.15) is 25.0 Å². The van der Waals surface area contributed by atoms with Gasteiger partial charge in [0.1, 0.15) is 6.61 Å². The molecule has 25 heavy (non-hydrogen) atoms. The smallest absolute Gasteiger partial charge is 0.410 e. The molecule has 0 saturated carbocycles. The first-order valence-electron chi connectivity index (χ1n) is 8.89. The molecule has 0 aliphatic carbocycles. The van der Waals surface area contributed by atoms with Gasteiger partial charge in [-0.1, -0.05) is 60.7 Å². The highest BCUT2D eigenvalue weighted by atomic mass is 16.6. The van der Waals surface area contributed by atoms with Crippen molar-refractivity contribution in [2.24, 2.45) is 0 Å². The van der Waals surface area contributed by atoms with Crippen LogP contribution in [0.4, 0.5) is 4.79 Å². The maximum absolute atomic E-state index is 12.4. The van der Waals surface area contributed by atoms with Crippen molar-refractivity contribution in [1.29, 1.82) is 0 Å². The predicted molar refractivity (Wildman–Crippen MR) is 99.1 cm³/mol. The Bertz CT molecular complexity index is 663. The van der Waals surface area contributed by atoms with Gasteiger partial charge in [-0.3, -0.25) is 4.90 Å². The summed E-state index contributed by atoms with van der Waals surface area (Å²) in [4.78, 5) is 16.7. The maximum Gasteiger partial charge on any atom is 0.410 e. The highest BCUT2D eigenvalue weighted by Crippen LogP contribution is 2.20. The zero-order valence-electron chi connectivity index (χ0n) is 15.0. The Balaban J connectivity index is 1.55. The first-order chi connectivity index (χ1) is 12.1. The number of piperazine rings is 1. The third-order valence-corrected chi connectivity index (χ3v) is 4.77. The van der Waals surface area contributed by atoms with Gasteiger partial charge in [0.2, 0.25) is 0 Å². The number of rotatable bonds is 4. The van der Waals surface area contributed by atoms with Crippen molar-refractivity contribution in [3.05, 3.63) is 71.8 Å². The van der Waals surface area contributed by atoms with E-state index in [0.29, 0.717) is 31.8 Å². The maximum atomic E-state index is 12.4. The number of carbonyl (C=O) groups excluding carboxylic acids is 1. The minimum Gasteiger partial charge on any atom is -0.445 e. The second-order valence-corrected chi connectivity index (χ2v) is 6.80. The molecule has 2 unspecified atom stereocenters. The topological polar surface area (TPSA) is 32.8 Å². The summed E-state index contributed by atoms with van der Waals surface area (Å²) in [6, 6.07) is 20.9. The lowest BCUT2D eigenvalue weighted by atomic mass is 10.1. The summed E-state index contributed by atoms with van der Waals surface area (Å²) in [5.74, 6) is 0. The van der Waals surface area contributed by atoms with Crippen molar-refractivity contribution in [1.82, 2.24) is 9.80 Å². The van der Waals surface area contributed by atoms with Gasteiger partial charge in [-0.2, -0.15) is 0 Å². The number of benzene rings is 2. The highest BCUT2D eigenvalue weighted by molar-refractivity contribution is 5.68. The van der Waals surface area contributed by atoms with Gasteiger partial charge in [0.15, 0.2) is 0 Å². The Morgan fingerprint density at radius 1 is 0.920 bits per heavy atom. The van der Waals surface area contributed by atoms with Crippen LogP contribution in [-0.4, -0.2) is 41.1 Å². The fourth-order valence-electron chi connectivity index (χ4n) is 3.42. The van der Waals surface area contributed by atoms with Crippen LogP contribution < -0.4 is 0 Å². The van der Waals surface area contributed by atoms with Crippen LogP contribution in [0.15, 0.2) is 60.7 Å². The number of nitrogens with zero attached hydrogens (tertiary/aromatic N) is 2. The number of amides is 1. The molecule has 0 radical (unpaired) electrons. The molecule has 1 aliphatic rings. The molecular weight excluding hydrogens is 312 g/mol. The summed E-state index contributed by atoms with van der Waals surface area (Å²) >= 11 is 0. The van der Waals surface area contributed by atoms with E-state index in [4.69, 9.17) is 4.74 Å². The molecule has 1 amide bonds. The van der Waals surface area contributed by atoms with Crippen LogP contribution in [-0.2, 0) is 17.9 Å². The van der Waals surface area contributed by atoms with Crippen molar-refractivity contribution in [2.45, 2.75) is 39.1 Å². The van der Waals surface area contributed by atoms with Crippen LogP contribution in [0.5, 0.6) is 0 Å². The molecule has 4 nitrogen and oxygen atoms in total. The van der Waals surface area contributed by atoms with E-state index in [2.05, 4.69) is 43.0 Å². The van der Waals surface area contributed by atoms with Gasteiger partial charge >= 0.3 is 6.09 Å². The zero-order chi connectivity index (χ0) is 17.6. The molecular formula is C21H26N2O2. The number of ether oxygens (including phenoxy) is 1. The molecule has 0 aromatic heterocycles. The van der Waals surface area contributed by atoms with E-state index in [1.54, 1.807) is 0 Å². The lowest BCUT2D eigenvalue weighted by Crippen LogP contribution is -2.57. The van der Waals surface area contributed by atoms with Gasteiger partial charge in [-0.05, 0) is 25.0 Å². The Morgan fingerprint density at radius 2 is 1.44 bits per heavy atom. The fourth-order valence-corrected chi connectivity index (χ4v) is 3.42. The highest BCUT2D eigenvalue weighted by Gasteiger charge is 2.32. The zero-order valence-corrected chi connectivity index (χ0v) is 15.0. The number of hydrogen-bond acceptors (Lipinski definition) is 3. The van der Waals surface area contributed by atoms with Crippen molar-refractivity contribution < 1.29 is 9.53 Å². The molecule has 1 saturated heterocycles. The van der Waals surface area contributed by atoms with E-state index in [0.717, 1.165) is 12.1 Å². The average molecular weight is 338 g/mol. The van der Waals surface area contributed by atoms with Gasteiger partial charge < -0.3 is 9.64 Å². The SMILES string of the molecule is CC1CN(C(=O)OCc2ccccc2)CC(C)N1Cc1ccccc1. The van der Waals surface area contributed by atoms with E-state index in [9.17, 15) is 4.79 Å². The molecule has 2 aromatic rings. The van der Waals surface area contributed by atoms with Crippen molar-refractivity contribution in [3.63, 3.8) is 0 Å². The lowest BCUT2D eigenvalue weighted by molar-refractivity contribution is 0.0210. The molecule has 2 aromatic carbocycles. The Hall–Kier alpha value is -2.33. The van der Waals surface area contributed by atoms with Crippen LogP contribution in [0.2, 0.25) is 0 Å². The first-order valence-corrected chi connectivity index (χ1v) is 8.89. The normalized spacial score (nSPS) is 21.1. The second kappa shape index (κ2) is 8.17. The number of carbonyl (C=O) groups is 1. The first kappa shape index (κ1) is 17.5. The quantitative estimate of drug-likeness (QED) is 0.847. The minimum absolute atomic E-state index is 0.220. The third kappa shape index (κ3) is 4.60. The Morgan fingerprint density at radius 3 is 2.00 bits per heavy atom. The Labute approximate surface area is 150 Å². The van der Waals surface area contributed by atoms with Crippen molar-refractivity contribution >= 4 is 6.09 Å². The van der Waals surface area contributed by atoms with Crippen LogP contribution in [0.25, 0.3) is 0 Å². The van der Waals surface area contributed by atoms with Gasteiger partial charge in [-0.25, -0.2) is 4.79 Å². The summed E-state index contributed by atoms with van der Waals surface area (Å²) in [5.41, 5.74) is 2.32. The minimum atomic E-state index is -0.220. The van der Waals surface area contributed by atoms with E-state index in [1.165, 1.54) is 5.56 Å². The molecule has 1 aliphatic heterocycles. The molecule has 0 N–H and O–H groups in total. The van der Waals surface area contributed by atoms with Gasteiger partial charge in [0.25, 0.3) is 0 Å².